The lowest BCUT2D eigenvalue weighted by atomic mass is 9.73. The molecule has 5 atom stereocenters. The Balaban J connectivity index is 2.02. The minimum atomic E-state index is -0.280. The number of hydrogen-bond acceptors (Lipinski definition) is 4. The Bertz CT molecular complexity index is 575. The summed E-state index contributed by atoms with van der Waals surface area (Å²) in [5.41, 5.74) is 2.41. The van der Waals surface area contributed by atoms with E-state index in [1.165, 1.54) is 9.13 Å². The van der Waals surface area contributed by atoms with Crippen molar-refractivity contribution in [3.8, 4) is 0 Å². The number of hydrogen-bond donors (Lipinski definition) is 1. The first-order valence-corrected chi connectivity index (χ1v) is 9.40. The van der Waals surface area contributed by atoms with E-state index in [0.717, 1.165) is 25.0 Å². The van der Waals surface area contributed by atoms with Gasteiger partial charge in [-0.25, -0.2) is 0 Å². The average molecular weight is 428 g/mol. The van der Waals surface area contributed by atoms with E-state index in [4.69, 9.17) is 4.84 Å². The van der Waals surface area contributed by atoms with Gasteiger partial charge in [0, 0.05) is 21.6 Å². The number of halogens is 1. The molecule has 2 bridgehead atoms. The Morgan fingerprint density at radius 1 is 1.35 bits per heavy atom. The summed E-state index contributed by atoms with van der Waals surface area (Å²) in [7, 11) is 3.75. The summed E-state index contributed by atoms with van der Waals surface area (Å²) in [5.74, 6) is 0.600. The molecule has 2 saturated heterocycles. The minimum Gasteiger partial charge on any atom is -0.399 e. The van der Waals surface area contributed by atoms with Gasteiger partial charge in [0.15, 0.2) is 0 Å². The molecular formula is C18H25IN2O2. The molecule has 2 aliphatic heterocycles. The molecule has 0 aliphatic carbocycles. The van der Waals surface area contributed by atoms with Gasteiger partial charge in [0.1, 0.15) is 7.11 Å². The van der Waals surface area contributed by atoms with Gasteiger partial charge >= 0.3 is 0 Å². The van der Waals surface area contributed by atoms with Crippen LogP contribution in [0, 0.1) is 9.49 Å². The largest absolute Gasteiger partial charge is 0.399 e. The molecular weight excluding hydrogens is 403 g/mol. The van der Waals surface area contributed by atoms with Gasteiger partial charge in [-0.05, 0) is 72.5 Å². The normalized spacial score (nSPS) is 34.7. The van der Waals surface area contributed by atoms with Crippen molar-refractivity contribution >= 4 is 28.3 Å². The van der Waals surface area contributed by atoms with Crippen LogP contribution in [0.1, 0.15) is 37.7 Å². The molecule has 0 radical (unpaired) electrons. The van der Waals surface area contributed by atoms with E-state index >= 15 is 0 Å². The summed E-state index contributed by atoms with van der Waals surface area (Å²) in [6.07, 6.45) is 2.50. The van der Waals surface area contributed by atoms with E-state index < -0.39 is 0 Å². The number of nitrogens with zero attached hydrogens (tertiary/aromatic N) is 2. The van der Waals surface area contributed by atoms with Crippen molar-refractivity contribution in [2.45, 2.75) is 50.3 Å². The van der Waals surface area contributed by atoms with Crippen molar-refractivity contribution in [2.24, 2.45) is 11.1 Å². The van der Waals surface area contributed by atoms with E-state index in [0.29, 0.717) is 12.0 Å². The summed E-state index contributed by atoms with van der Waals surface area (Å²) in [4.78, 5) is 7.48. The zero-order valence-electron chi connectivity index (χ0n) is 13.9. The molecule has 1 N–H and O–H groups in total. The fourth-order valence-corrected chi connectivity index (χ4v) is 4.85. The number of fused-ring (bicyclic) bond motifs is 2. The number of rotatable bonds is 4. The predicted octanol–water partition coefficient (Wildman–Crippen LogP) is 3.24. The quantitative estimate of drug-likeness (QED) is 0.455. The second-order valence-corrected chi connectivity index (χ2v) is 7.90. The third-order valence-corrected chi connectivity index (χ3v) is 6.25. The zero-order chi connectivity index (χ0) is 16.6. The second kappa shape index (κ2) is 7.07. The average Bonchev–Trinajstić information content (AvgIpc) is 2.72. The Kier molecular flexibility index (Phi) is 5.28. The maximum Gasteiger partial charge on any atom is 0.106 e. The smallest absolute Gasteiger partial charge is 0.106 e. The SMILES string of the molecule is CCC(=NOC)[C@H]1[C@@H](c2ccc(I)cc2)CC2CC(O)[C@@H]1N2C. The van der Waals surface area contributed by atoms with Gasteiger partial charge in [-0.3, -0.25) is 4.90 Å². The van der Waals surface area contributed by atoms with Gasteiger partial charge < -0.3 is 9.94 Å². The van der Waals surface area contributed by atoms with Crippen molar-refractivity contribution < 1.29 is 9.94 Å². The number of piperidine rings is 1. The molecule has 2 unspecified atom stereocenters. The highest BCUT2D eigenvalue weighted by molar-refractivity contribution is 14.1. The Morgan fingerprint density at radius 3 is 2.65 bits per heavy atom. The van der Waals surface area contributed by atoms with Crippen LogP contribution in [-0.2, 0) is 4.84 Å². The lowest BCUT2D eigenvalue weighted by Crippen LogP contribution is -2.51. The molecule has 2 heterocycles. The fourth-order valence-electron chi connectivity index (χ4n) is 4.49. The topological polar surface area (TPSA) is 45.1 Å². The van der Waals surface area contributed by atoms with Gasteiger partial charge in [-0.15, -0.1) is 0 Å². The standard InChI is InChI=1S/C18H25IN2O2/c1-4-15(20-23-3)17-14(11-5-7-12(19)8-6-11)9-13-10-16(22)18(17)21(13)2/h5-8,13-14,16-18,22H,4,9-10H2,1-3H3/t13?,14-,16?,17-,18+/m1/s1. The van der Waals surface area contributed by atoms with Crippen LogP contribution in [0.25, 0.3) is 0 Å². The number of likely N-dealkylation sites (N-methyl/N-ethyl adjacent to an activating group) is 1. The molecule has 0 spiro atoms. The Labute approximate surface area is 152 Å². The molecule has 5 heteroatoms. The molecule has 0 saturated carbocycles. The maximum absolute atomic E-state index is 10.6. The van der Waals surface area contributed by atoms with Gasteiger partial charge in [-0.1, -0.05) is 24.2 Å². The van der Waals surface area contributed by atoms with Crippen molar-refractivity contribution in [2.75, 3.05) is 14.2 Å². The molecule has 3 rings (SSSR count). The van der Waals surface area contributed by atoms with E-state index in [-0.39, 0.29) is 18.1 Å². The molecule has 4 nitrogen and oxygen atoms in total. The summed E-state index contributed by atoms with van der Waals surface area (Å²) in [6.45, 7) is 2.12. The van der Waals surface area contributed by atoms with Crippen LogP contribution in [-0.4, -0.2) is 48.1 Å². The first-order chi connectivity index (χ1) is 11.1. The molecule has 2 aliphatic rings. The second-order valence-electron chi connectivity index (χ2n) is 6.65. The van der Waals surface area contributed by atoms with Crippen LogP contribution in [0.15, 0.2) is 29.4 Å². The van der Waals surface area contributed by atoms with E-state index in [1.807, 2.05) is 0 Å². The van der Waals surface area contributed by atoms with Crippen LogP contribution in [0.2, 0.25) is 0 Å². The van der Waals surface area contributed by atoms with Crippen LogP contribution in [0.5, 0.6) is 0 Å². The van der Waals surface area contributed by atoms with Gasteiger partial charge in [0.2, 0.25) is 0 Å². The van der Waals surface area contributed by atoms with Crippen molar-refractivity contribution in [3.63, 3.8) is 0 Å². The predicted molar refractivity (Wildman–Crippen MR) is 101 cm³/mol. The number of aliphatic hydroxyl groups excluding tert-OH is 1. The van der Waals surface area contributed by atoms with Crippen LogP contribution >= 0.6 is 22.6 Å². The highest BCUT2D eigenvalue weighted by Gasteiger charge is 2.52. The summed E-state index contributed by atoms with van der Waals surface area (Å²) in [5, 5.41) is 14.9. The Hall–Kier alpha value is -0.660. The zero-order valence-corrected chi connectivity index (χ0v) is 16.1. The summed E-state index contributed by atoms with van der Waals surface area (Å²) >= 11 is 2.34. The third-order valence-electron chi connectivity index (χ3n) is 5.54. The highest BCUT2D eigenvalue weighted by atomic mass is 127. The van der Waals surface area contributed by atoms with Crippen LogP contribution in [0.4, 0.5) is 0 Å². The first-order valence-electron chi connectivity index (χ1n) is 8.32. The van der Waals surface area contributed by atoms with E-state index in [9.17, 15) is 5.11 Å². The first kappa shape index (κ1) is 17.2. The minimum absolute atomic E-state index is 0.131. The van der Waals surface area contributed by atoms with Crippen LogP contribution in [0.3, 0.4) is 0 Å². The molecule has 1 aromatic rings. The third kappa shape index (κ3) is 3.15. The Morgan fingerprint density at radius 2 is 2.04 bits per heavy atom. The van der Waals surface area contributed by atoms with Crippen molar-refractivity contribution in [1.29, 1.82) is 0 Å². The monoisotopic (exact) mass is 428 g/mol. The summed E-state index contributed by atoms with van der Waals surface area (Å²) < 4.78 is 1.25. The van der Waals surface area contributed by atoms with E-state index in [1.54, 1.807) is 7.11 Å². The molecule has 2 fully saturated rings. The molecule has 23 heavy (non-hydrogen) atoms. The molecule has 0 aromatic heterocycles. The van der Waals surface area contributed by atoms with Crippen molar-refractivity contribution in [1.82, 2.24) is 4.90 Å². The highest BCUT2D eigenvalue weighted by Crippen LogP contribution is 2.47. The number of benzene rings is 1. The lowest BCUT2D eigenvalue weighted by molar-refractivity contribution is 0.0694. The van der Waals surface area contributed by atoms with Crippen molar-refractivity contribution in [3.05, 3.63) is 33.4 Å². The summed E-state index contributed by atoms with van der Waals surface area (Å²) in [6, 6.07) is 9.39. The fraction of sp³-hybridized carbons (Fsp3) is 0.611. The molecule has 1 aromatic carbocycles. The van der Waals surface area contributed by atoms with E-state index in [2.05, 4.69) is 70.9 Å². The van der Waals surface area contributed by atoms with Gasteiger partial charge in [0.25, 0.3) is 0 Å². The number of oxime groups is 1. The molecule has 126 valence electrons. The maximum atomic E-state index is 10.6. The number of aliphatic hydroxyl groups is 1. The molecule has 0 amide bonds. The van der Waals surface area contributed by atoms with Gasteiger partial charge in [0.05, 0.1) is 11.8 Å². The van der Waals surface area contributed by atoms with Crippen LogP contribution < -0.4 is 0 Å². The van der Waals surface area contributed by atoms with Gasteiger partial charge in [-0.2, -0.15) is 0 Å². The lowest BCUT2D eigenvalue weighted by Gasteiger charge is -2.43.